The molecule has 1 nitrogen and oxygen atoms in total. The van der Waals surface area contributed by atoms with Gasteiger partial charge in [0.1, 0.15) is 0 Å². The quantitative estimate of drug-likeness (QED) is 0.561. The summed E-state index contributed by atoms with van der Waals surface area (Å²) in [5.74, 6) is 0. The minimum Gasteiger partial charge on any atom is -0.379 e. The number of ether oxygens (including phenoxy) is 1. The van der Waals surface area contributed by atoms with Crippen LogP contribution < -0.4 is 0 Å². The van der Waals surface area contributed by atoms with E-state index in [4.69, 9.17) is 16.3 Å². The van der Waals surface area contributed by atoms with Crippen molar-refractivity contribution in [3.8, 4) is 0 Å². The van der Waals surface area contributed by atoms with Gasteiger partial charge >= 0.3 is 0 Å². The summed E-state index contributed by atoms with van der Waals surface area (Å²) in [4.78, 5) is 0. The minimum atomic E-state index is 0.0312. The second-order valence-electron chi connectivity index (χ2n) is 2.99. The molecule has 1 unspecified atom stereocenters. The normalized spacial score (nSPS) is 22.9. The second kappa shape index (κ2) is 3.46. The van der Waals surface area contributed by atoms with Crippen molar-refractivity contribution in [2.45, 2.75) is 11.8 Å². The van der Waals surface area contributed by atoms with Crippen LogP contribution in [0.25, 0.3) is 0 Å². The Labute approximate surface area is 77.3 Å². The molecule has 1 heterocycles. The molecule has 0 spiro atoms. The molecule has 0 saturated heterocycles. The van der Waals surface area contributed by atoms with Gasteiger partial charge in [-0.2, -0.15) is 0 Å². The molecule has 0 bridgehead atoms. The van der Waals surface area contributed by atoms with Crippen molar-refractivity contribution >= 4 is 11.6 Å². The highest BCUT2D eigenvalue weighted by Gasteiger charge is 2.15. The predicted molar refractivity (Wildman–Crippen MR) is 49.6 cm³/mol. The van der Waals surface area contributed by atoms with Crippen LogP contribution >= 0.6 is 11.6 Å². The van der Waals surface area contributed by atoms with Gasteiger partial charge in [0.2, 0.25) is 0 Å². The Kier molecular flexibility index (Phi) is 2.33. The molecule has 0 saturated carbocycles. The zero-order valence-electron chi connectivity index (χ0n) is 6.79. The third kappa shape index (κ3) is 1.47. The molecular weight excluding hydrogens is 172 g/mol. The molecule has 0 aromatic heterocycles. The summed E-state index contributed by atoms with van der Waals surface area (Å²) < 4.78 is 5.36. The van der Waals surface area contributed by atoms with E-state index in [1.165, 1.54) is 11.1 Å². The van der Waals surface area contributed by atoms with Crippen molar-refractivity contribution in [1.82, 2.24) is 0 Å². The summed E-state index contributed by atoms with van der Waals surface area (Å²) in [5.41, 5.74) is 2.56. The lowest BCUT2D eigenvalue weighted by Gasteiger charge is -2.08. The summed E-state index contributed by atoms with van der Waals surface area (Å²) in [6.45, 7) is 1.43. The van der Waals surface area contributed by atoms with Gasteiger partial charge in [-0.3, -0.25) is 0 Å². The highest BCUT2D eigenvalue weighted by molar-refractivity contribution is 6.21. The fourth-order valence-corrected chi connectivity index (χ4v) is 1.83. The maximum atomic E-state index is 6.13. The van der Waals surface area contributed by atoms with Gasteiger partial charge in [-0.1, -0.05) is 24.3 Å². The highest BCUT2D eigenvalue weighted by atomic mass is 35.5. The van der Waals surface area contributed by atoms with E-state index in [1.54, 1.807) is 0 Å². The third-order valence-corrected chi connectivity index (χ3v) is 2.53. The summed E-state index contributed by atoms with van der Waals surface area (Å²) in [5, 5.41) is 0.0312. The van der Waals surface area contributed by atoms with Crippen LogP contribution in [0, 0.1) is 0 Å². The molecule has 0 radical (unpaired) electrons. The van der Waals surface area contributed by atoms with Gasteiger partial charge in [0, 0.05) is 0 Å². The van der Waals surface area contributed by atoms with E-state index < -0.39 is 0 Å². The first-order valence-electron chi connectivity index (χ1n) is 4.17. The van der Waals surface area contributed by atoms with Gasteiger partial charge in [0.15, 0.2) is 0 Å². The van der Waals surface area contributed by atoms with Crippen LogP contribution in [0.5, 0.6) is 0 Å². The van der Waals surface area contributed by atoms with Crippen molar-refractivity contribution in [2.75, 3.05) is 13.2 Å². The predicted octanol–water partition coefficient (Wildman–Crippen LogP) is 2.54. The average Bonchev–Trinajstić information content (AvgIpc) is 2.29. The number of hydrogen-bond donors (Lipinski definition) is 0. The molecule has 1 aliphatic rings. The van der Waals surface area contributed by atoms with Crippen LogP contribution in [0.4, 0.5) is 0 Å². The SMILES string of the molecule is ClC1COCCc2ccccc21. The Morgan fingerprint density at radius 3 is 3.08 bits per heavy atom. The minimum absolute atomic E-state index is 0.0312. The second-order valence-corrected chi connectivity index (χ2v) is 3.52. The molecule has 64 valence electrons. The average molecular weight is 183 g/mol. The van der Waals surface area contributed by atoms with Gasteiger partial charge in [0.05, 0.1) is 18.6 Å². The molecule has 1 aliphatic heterocycles. The molecule has 0 aliphatic carbocycles. The Balaban J connectivity index is 2.39. The van der Waals surface area contributed by atoms with E-state index in [0.29, 0.717) is 6.61 Å². The zero-order valence-corrected chi connectivity index (χ0v) is 7.55. The molecule has 1 atom stereocenters. The fourth-order valence-electron chi connectivity index (χ4n) is 1.53. The fraction of sp³-hybridized carbons (Fsp3) is 0.400. The van der Waals surface area contributed by atoms with Crippen molar-refractivity contribution in [1.29, 1.82) is 0 Å². The molecular formula is C10H11ClO. The van der Waals surface area contributed by atoms with Crippen LogP contribution in [0.1, 0.15) is 16.5 Å². The number of rotatable bonds is 0. The molecule has 0 fully saturated rings. The topological polar surface area (TPSA) is 9.23 Å². The maximum absolute atomic E-state index is 6.13. The van der Waals surface area contributed by atoms with Crippen LogP contribution in [0.3, 0.4) is 0 Å². The third-order valence-electron chi connectivity index (χ3n) is 2.17. The van der Waals surface area contributed by atoms with Crippen LogP contribution in [-0.2, 0) is 11.2 Å². The van der Waals surface area contributed by atoms with E-state index in [9.17, 15) is 0 Å². The summed E-state index contributed by atoms with van der Waals surface area (Å²) >= 11 is 6.13. The number of alkyl halides is 1. The summed E-state index contributed by atoms with van der Waals surface area (Å²) in [6, 6.07) is 8.29. The summed E-state index contributed by atoms with van der Waals surface area (Å²) in [6.07, 6.45) is 0.986. The number of hydrogen-bond acceptors (Lipinski definition) is 1. The summed E-state index contributed by atoms with van der Waals surface area (Å²) in [7, 11) is 0. The van der Waals surface area contributed by atoms with Gasteiger partial charge in [-0.25, -0.2) is 0 Å². The molecule has 0 amide bonds. The standard InChI is InChI=1S/C10H11ClO/c11-10-7-12-6-5-8-3-1-2-4-9(8)10/h1-4,10H,5-7H2. The van der Waals surface area contributed by atoms with Crippen molar-refractivity contribution in [2.24, 2.45) is 0 Å². The van der Waals surface area contributed by atoms with Crippen LogP contribution in [-0.4, -0.2) is 13.2 Å². The van der Waals surface area contributed by atoms with Crippen LogP contribution in [0.2, 0.25) is 0 Å². The van der Waals surface area contributed by atoms with E-state index in [2.05, 4.69) is 12.1 Å². The van der Waals surface area contributed by atoms with Crippen LogP contribution in [0.15, 0.2) is 24.3 Å². The molecule has 2 rings (SSSR count). The van der Waals surface area contributed by atoms with Gasteiger partial charge in [-0.15, -0.1) is 11.6 Å². The van der Waals surface area contributed by atoms with E-state index in [1.807, 2.05) is 12.1 Å². The monoisotopic (exact) mass is 182 g/mol. The Morgan fingerprint density at radius 1 is 1.33 bits per heavy atom. The van der Waals surface area contributed by atoms with Gasteiger partial charge in [-0.05, 0) is 17.5 Å². The number of halogens is 1. The smallest absolute Gasteiger partial charge is 0.0821 e. The lowest BCUT2D eigenvalue weighted by atomic mass is 10.0. The van der Waals surface area contributed by atoms with Gasteiger partial charge < -0.3 is 4.74 Å². The first-order valence-corrected chi connectivity index (χ1v) is 4.61. The first kappa shape index (κ1) is 8.09. The molecule has 2 heteroatoms. The Bertz CT molecular complexity index is 272. The number of benzene rings is 1. The van der Waals surface area contributed by atoms with Crippen molar-refractivity contribution in [3.05, 3.63) is 35.4 Å². The highest BCUT2D eigenvalue weighted by Crippen LogP contribution is 2.26. The first-order chi connectivity index (χ1) is 5.88. The Hall–Kier alpha value is -0.530. The van der Waals surface area contributed by atoms with E-state index in [-0.39, 0.29) is 5.38 Å². The van der Waals surface area contributed by atoms with Gasteiger partial charge in [0.25, 0.3) is 0 Å². The lowest BCUT2D eigenvalue weighted by Crippen LogP contribution is -1.98. The van der Waals surface area contributed by atoms with E-state index >= 15 is 0 Å². The molecule has 1 aromatic carbocycles. The zero-order chi connectivity index (χ0) is 8.39. The van der Waals surface area contributed by atoms with Crippen molar-refractivity contribution in [3.63, 3.8) is 0 Å². The van der Waals surface area contributed by atoms with E-state index in [0.717, 1.165) is 13.0 Å². The maximum Gasteiger partial charge on any atom is 0.0821 e. The number of fused-ring (bicyclic) bond motifs is 1. The molecule has 12 heavy (non-hydrogen) atoms. The molecule has 1 aromatic rings. The largest absolute Gasteiger partial charge is 0.379 e. The Morgan fingerprint density at radius 2 is 2.17 bits per heavy atom. The lowest BCUT2D eigenvalue weighted by molar-refractivity contribution is 0.143. The van der Waals surface area contributed by atoms with Crippen molar-refractivity contribution < 1.29 is 4.74 Å². The molecule has 0 N–H and O–H groups in total.